The van der Waals surface area contributed by atoms with Crippen molar-refractivity contribution in [3.8, 4) is 0 Å². The highest BCUT2D eigenvalue weighted by Gasteiger charge is 2.30. The molecule has 0 saturated carbocycles. The summed E-state index contributed by atoms with van der Waals surface area (Å²) in [7, 11) is 0. The van der Waals surface area contributed by atoms with Crippen molar-refractivity contribution < 1.29 is 14.3 Å². The second kappa shape index (κ2) is 7.91. The van der Waals surface area contributed by atoms with Crippen LogP contribution in [0, 0.1) is 0 Å². The molecule has 1 amide bonds. The number of hydrogen-bond donors (Lipinski definition) is 1. The van der Waals surface area contributed by atoms with Gasteiger partial charge < -0.3 is 15.4 Å². The first-order chi connectivity index (χ1) is 12.5. The lowest BCUT2D eigenvalue weighted by Crippen LogP contribution is -2.34. The molecule has 26 heavy (non-hydrogen) atoms. The second-order valence-electron chi connectivity index (χ2n) is 6.88. The third-order valence-electron chi connectivity index (χ3n) is 4.79. The quantitative estimate of drug-likeness (QED) is 0.637. The van der Waals surface area contributed by atoms with Gasteiger partial charge in [-0.1, -0.05) is 19.9 Å². The van der Waals surface area contributed by atoms with Crippen LogP contribution in [0.1, 0.15) is 60.1 Å². The van der Waals surface area contributed by atoms with Crippen LogP contribution in [0.4, 0.5) is 5.69 Å². The molecule has 0 radical (unpaired) electrons. The Balaban J connectivity index is 1.64. The van der Waals surface area contributed by atoms with Crippen LogP contribution in [0.25, 0.3) is 0 Å². The number of nitrogens with zero attached hydrogens (tertiary/aromatic N) is 1. The summed E-state index contributed by atoms with van der Waals surface area (Å²) in [5.41, 5.74) is 8.76. The van der Waals surface area contributed by atoms with Crippen molar-refractivity contribution in [2.75, 3.05) is 18.9 Å². The molecular weight excluding hydrogens is 348 g/mol. The predicted octanol–water partition coefficient (Wildman–Crippen LogP) is 3.97. The van der Waals surface area contributed by atoms with Gasteiger partial charge in [0.15, 0.2) is 6.61 Å². The molecule has 2 N–H and O–H groups in total. The Morgan fingerprint density at radius 1 is 1.35 bits per heavy atom. The van der Waals surface area contributed by atoms with Gasteiger partial charge in [0.1, 0.15) is 0 Å². The lowest BCUT2D eigenvalue weighted by molar-refractivity contribution is -0.135. The summed E-state index contributed by atoms with van der Waals surface area (Å²) < 4.78 is 5.28. The molecule has 138 valence electrons. The maximum Gasteiger partial charge on any atom is 0.340 e. The molecule has 6 heteroatoms. The Bertz CT molecular complexity index is 786. The molecule has 2 aromatic rings. The molecule has 1 aliphatic rings. The number of amides is 1. The topological polar surface area (TPSA) is 72.6 Å². The van der Waals surface area contributed by atoms with Gasteiger partial charge in [-0.2, -0.15) is 11.3 Å². The summed E-state index contributed by atoms with van der Waals surface area (Å²) in [6.45, 7) is 4.52. The van der Waals surface area contributed by atoms with Crippen molar-refractivity contribution in [3.05, 3.63) is 51.7 Å². The molecular formula is C20H24N2O3S. The largest absolute Gasteiger partial charge is 0.452 e. The first-order valence-corrected chi connectivity index (χ1v) is 9.79. The number of esters is 1. The highest BCUT2D eigenvalue weighted by atomic mass is 32.1. The fourth-order valence-corrected chi connectivity index (χ4v) is 3.98. The zero-order valence-corrected chi connectivity index (χ0v) is 15.9. The summed E-state index contributed by atoms with van der Waals surface area (Å²) in [4.78, 5) is 26.8. The average molecular weight is 372 g/mol. The summed E-state index contributed by atoms with van der Waals surface area (Å²) in [6, 6.07) is 7.49. The monoisotopic (exact) mass is 372 g/mol. The van der Waals surface area contributed by atoms with E-state index < -0.39 is 5.97 Å². The minimum atomic E-state index is -0.551. The molecule has 1 aliphatic heterocycles. The van der Waals surface area contributed by atoms with E-state index in [9.17, 15) is 9.59 Å². The summed E-state index contributed by atoms with van der Waals surface area (Å²) in [6.07, 6.45) is 1.91. The minimum Gasteiger partial charge on any atom is -0.452 e. The van der Waals surface area contributed by atoms with Crippen LogP contribution in [0.5, 0.6) is 0 Å². The van der Waals surface area contributed by atoms with Crippen LogP contribution in [0.15, 0.2) is 35.0 Å². The van der Waals surface area contributed by atoms with Gasteiger partial charge in [0.2, 0.25) is 0 Å². The number of nitrogen functional groups attached to an aromatic ring is 1. The van der Waals surface area contributed by atoms with Crippen LogP contribution in [-0.4, -0.2) is 29.9 Å². The van der Waals surface area contributed by atoms with Gasteiger partial charge in [0.25, 0.3) is 5.91 Å². The van der Waals surface area contributed by atoms with Crippen LogP contribution in [-0.2, 0) is 9.53 Å². The molecule has 0 bridgehead atoms. The van der Waals surface area contributed by atoms with Crippen molar-refractivity contribution in [1.82, 2.24) is 4.90 Å². The normalized spacial score (nSPS) is 16.9. The van der Waals surface area contributed by atoms with Crippen LogP contribution in [0.2, 0.25) is 0 Å². The number of rotatable bonds is 5. The SMILES string of the molecule is CC(C)c1ccc(N)c(C(=O)OCC(=O)N2CCC[C@@H]2c2ccsc2)c1. The number of thiophene rings is 1. The van der Waals surface area contributed by atoms with E-state index in [2.05, 4.69) is 5.38 Å². The van der Waals surface area contributed by atoms with Gasteiger partial charge in [-0.05, 0) is 58.8 Å². The summed E-state index contributed by atoms with van der Waals surface area (Å²) in [5.74, 6) is -0.435. The number of anilines is 1. The molecule has 0 aliphatic carbocycles. The Morgan fingerprint density at radius 3 is 2.85 bits per heavy atom. The first-order valence-electron chi connectivity index (χ1n) is 8.85. The molecule has 3 rings (SSSR count). The zero-order valence-electron chi connectivity index (χ0n) is 15.1. The molecule has 1 atom stereocenters. The van der Waals surface area contributed by atoms with E-state index in [1.54, 1.807) is 23.5 Å². The maximum absolute atomic E-state index is 12.6. The maximum atomic E-state index is 12.6. The van der Waals surface area contributed by atoms with E-state index in [1.165, 1.54) is 0 Å². The minimum absolute atomic E-state index is 0.0850. The van der Waals surface area contributed by atoms with Crippen molar-refractivity contribution >= 4 is 28.9 Å². The van der Waals surface area contributed by atoms with E-state index in [0.29, 0.717) is 17.8 Å². The molecule has 0 spiro atoms. The third kappa shape index (κ3) is 3.90. The van der Waals surface area contributed by atoms with Crippen molar-refractivity contribution in [3.63, 3.8) is 0 Å². The molecule has 1 saturated heterocycles. The number of benzene rings is 1. The van der Waals surface area contributed by atoms with E-state index >= 15 is 0 Å². The molecule has 1 fully saturated rings. The van der Waals surface area contributed by atoms with Gasteiger partial charge in [0, 0.05) is 12.2 Å². The number of nitrogens with two attached hydrogens (primary N) is 1. The molecule has 1 aromatic heterocycles. The number of hydrogen-bond acceptors (Lipinski definition) is 5. The smallest absolute Gasteiger partial charge is 0.340 e. The van der Waals surface area contributed by atoms with Crippen molar-refractivity contribution in [2.45, 2.75) is 38.6 Å². The van der Waals surface area contributed by atoms with E-state index in [0.717, 1.165) is 24.0 Å². The van der Waals surface area contributed by atoms with E-state index in [-0.39, 0.29) is 24.5 Å². The van der Waals surface area contributed by atoms with Crippen LogP contribution >= 0.6 is 11.3 Å². The highest BCUT2D eigenvalue weighted by Crippen LogP contribution is 2.33. The van der Waals surface area contributed by atoms with Gasteiger partial charge in [-0.3, -0.25) is 4.79 Å². The van der Waals surface area contributed by atoms with Crippen LogP contribution in [0.3, 0.4) is 0 Å². The molecule has 5 nitrogen and oxygen atoms in total. The zero-order chi connectivity index (χ0) is 18.7. The van der Waals surface area contributed by atoms with E-state index in [4.69, 9.17) is 10.5 Å². The first kappa shape index (κ1) is 18.5. The number of carbonyl (C=O) groups excluding carboxylic acids is 2. The van der Waals surface area contributed by atoms with E-state index in [1.807, 2.05) is 36.3 Å². The van der Waals surface area contributed by atoms with Crippen molar-refractivity contribution in [2.24, 2.45) is 0 Å². The number of carbonyl (C=O) groups is 2. The predicted molar refractivity (Wildman–Crippen MR) is 103 cm³/mol. The Kier molecular flexibility index (Phi) is 5.61. The second-order valence-corrected chi connectivity index (χ2v) is 7.66. The molecule has 0 unspecified atom stereocenters. The third-order valence-corrected chi connectivity index (χ3v) is 5.49. The van der Waals surface area contributed by atoms with Crippen LogP contribution < -0.4 is 5.73 Å². The Hall–Kier alpha value is -2.34. The van der Waals surface area contributed by atoms with Gasteiger partial charge in [-0.15, -0.1) is 0 Å². The number of ether oxygens (including phenoxy) is 1. The highest BCUT2D eigenvalue weighted by molar-refractivity contribution is 7.08. The fourth-order valence-electron chi connectivity index (χ4n) is 3.27. The fraction of sp³-hybridized carbons (Fsp3) is 0.400. The van der Waals surface area contributed by atoms with Gasteiger partial charge >= 0.3 is 5.97 Å². The number of likely N-dealkylation sites (tertiary alicyclic amines) is 1. The average Bonchev–Trinajstić information content (AvgIpc) is 3.30. The van der Waals surface area contributed by atoms with Crippen molar-refractivity contribution in [1.29, 1.82) is 0 Å². The van der Waals surface area contributed by atoms with Gasteiger partial charge in [0.05, 0.1) is 11.6 Å². The molecule has 2 heterocycles. The lowest BCUT2D eigenvalue weighted by Gasteiger charge is -2.24. The molecule has 1 aromatic carbocycles. The Labute approximate surface area is 157 Å². The van der Waals surface area contributed by atoms with Gasteiger partial charge in [-0.25, -0.2) is 4.79 Å². The lowest BCUT2D eigenvalue weighted by atomic mass is 10.00. The standard InChI is InChI=1S/C20H24N2O3S/c1-13(2)14-5-6-17(21)16(10-14)20(24)25-11-19(23)22-8-3-4-18(22)15-7-9-26-12-15/h5-7,9-10,12-13,18H,3-4,8,11,21H2,1-2H3/t18-/m1/s1. The Morgan fingerprint density at radius 2 is 2.15 bits per heavy atom. The summed E-state index contributed by atoms with van der Waals surface area (Å²) >= 11 is 1.62. The summed E-state index contributed by atoms with van der Waals surface area (Å²) in [5, 5.41) is 4.08.